The van der Waals surface area contributed by atoms with Gasteiger partial charge >= 0.3 is 0 Å². The van der Waals surface area contributed by atoms with Gasteiger partial charge in [0.15, 0.2) is 0 Å². The Hall–Kier alpha value is -2.50. The van der Waals surface area contributed by atoms with Crippen molar-refractivity contribution in [2.75, 3.05) is 19.8 Å². The lowest BCUT2D eigenvalue weighted by molar-refractivity contribution is 0.0487. The van der Waals surface area contributed by atoms with Gasteiger partial charge in [-0.2, -0.15) is 0 Å². The first-order valence-corrected chi connectivity index (χ1v) is 10.5. The zero-order chi connectivity index (χ0) is 19.4. The normalized spacial score (nSPS) is 15.9. The number of ether oxygens (including phenoxy) is 1. The van der Waals surface area contributed by atoms with E-state index in [1.807, 2.05) is 42.6 Å². The third-order valence-corrected chi connectivity index (χ3v) is 6.42. The molecule has 0 saturated carbocycles. The number of amides is 1. The molecule has 3 heterocycles. The maximum Gasteiger partial charge on any atom is 0.253 e. The predicted octanol–water partition coefficient (Wildman–Crippen LogP) is 4.60. The van der Waals surface area contributed by atoms with Gasteiger partial charge in [0.25, 0.3) is 5.91 Å². The van der Waals surface area contributed by atoms with E-state index in [0.29, 0.717) is 12.1 Å². The minimum Gasteiger partial charge on any atom is -0.381 e. The molecule has 0 bridgehead atoms. The van der Waals surface area contributed by atoms with Gasteiger partial charge in [-0.05, 0) is 48.9 Å². The number of carbonyl (C=O) groups is 1. The fraction of sp³-hybridized carbons (Fsp3) is 0.304. The Kier molecular flexibility index (Phi) is 5.55. The largest absolute Gasteiger partial charge is 0.381 e. The van der Waals surface area contributed by atoms with Crippen LogP contribution in [0.1, 0.15) is 34.5 Å². The molecule has 0 radical (unpaired) electrons. The summed E-state index contributed by atoms with van der Waals surface area (Å²) in [5, 5.41) is 5.20. The summed E-state index contributed by atoms with van der Waals surface area (Å²) < 4.78 is 5.58. The van der Waals surface area contributed by atoms with Gasteiger partial charge < -0.3 is 10.1 Å². The topological polar surface area (TPSA) is 51.2 Å². The molecule has 1 aromatic carbocycles. The maximum atomic E-state index is 12.9. The second-order valence-electron chi connectivity index (χ2n) is 7.25. The molecule has 1 fully saturated rings. The number of aryl methyl sites for hydroxylation is 1. The van der Waals surface area contributed by atoms with Crippen LogP contribution in [0.2, 0.25) is 0 Å². The first-order chi connectivity index (χ1) is 13.7. The van der Waals surface area contributed by atoms with E-state index in [1.165, 1.54) is 5.56 Å². The maximum absolute atomic E-state index is 12.9. The van der Waals surface area contributed by atoms with Crippen molar-refractivity contribution >= 4 is 17.2 Å². The average molecular weight is 393 g/mol. The summed E-state index contributed by atoms with van der Waals surface area (Å²) in [4.78, 5) is 18.6. The van der Waals surface area contributed by atoms with E-state index in [1.54, 1.807) is 11.3 Å². The number of nitrogens with one attached hydrogen (secondary N) is 1. The molecule has 1 aliphatic heterocycles. The number of nitrogens with zero attached hydrogens (tertiary/aromatic N) is 1. The second-order valence-corrected chi connectivity index (χ2v) is 8.20. The molecule has 1 N–H and O–H groups in total. The molecule has 0 aliphatic carbocycles. The van der Waals surface area contributed by atoms with Crippen LogP contribution in [0.15, 0.2) is 60.0 Å². The van der Waals surface area contributed by atoms with Gasteiger partial charge in [0.2, 0.25) is 0 Å². The Morgan fingerprint density at radius 1 is 1.11 bits per heavy atom. The van der Waals surface area contributed by atoms with Crippen molar-refractivity contribution in [3.8, 4) is 10.6 Å². The standard InChI is InChI=1S/C23H24N2O2S/c1-17-19(9-10-20(25-17)21-8-5-15-28-21)22(26)24-16-23(11-13-27-14-12-23)18-6-3-2-4-7-18/h2-10,15H,11-14,16H2,1H3,(H,24,26). The van der Waals surface area contributed by atoms with Crippen LogP contribution in [0.25, 0.3) is 10.6 Å². The molecule has 4 rings (SSSR count). The average Bonchev–Trinajstić information content (AvgIpc) is 3.28. The number of carbonyl (C=O) groups excluding carboxylic acids is 1. The van der Waals surface area contributed by atoms with Crippen LogP contribution in [-0.4, -0.2) is 30.6 Å². The Bertz CT molecular complexity index is 933. The van der Waals surface area contributed by atoms with Crippen molar-refractivity contribution in [1.82, 2.24) is 10.3 Å². The van der Waals surface area contributed by atoms with Gasteiger partial charge in [-0.15, -0.1) is 11.3 Å². The lowest BCUT2D eigenvalue weighted by Crippen LogP contribution is -2.44. The monoisotopic (exact) mass is 392 g/mol. The summed E-state index contributed by atoms with van der Waals surface area (Å²) in [5.74, 6) is -0.0653. The summed E-state index contributed by atoms with van der Waals surface area (Å²) >= 11 is 1.65. The lowest BCUT2D eigenvalue weighted by atomic mass is 9.74. The minimum absolute atomic E-state index is 0.0653. The van der Waals surface area contributed by atoms with E-state index in [2.05, 4.69) is 34.6 Å². The first-order valence-electron chi connectivity index (χ1n) is 9.61. The first kappa shape index (κ1) is 18.8. The number of aromatic nitrogens is 1. The summed E-state index contributed by atoms with van der Waals surface area (Å²) in [6.45, 7) is 3.94. The van der Waals surface area contributed by atoms with E-state index in [9.17, 15) is 4.79 Å². The van der Waals surface area contributed by atoms with E-state index in [0.717, 1.165) is 42.3 Å². The number of thiophene rings is 1. The summed E-state index contributed by atoms with van der Waals surface area (Å²) in [6, 6.07) is 18.3. The Balaban J connectivity index is 1.51. The molecule has 144 valence electrons. The number of benzene rings is 1. The molecule has 0 atom stereocenters. The van der Waals surface area contributed by atoms with Gasteiger partial charge in [0.1, 0.15) is 0 Å². The fourth-order valence-electron chi connectivity index (χ4n) is 3.83. The highest BCUT2D eigenvalue weighted by atomic mass is 32.1. The van der Waals surface area contributed by atoms with Crippen LogP contribution in [0.5, 0.6) is 0 Å². The van der Waals surface area contributed by atoms with Crippen LogP contribution in [0.3, 0.4) is 0 Å². The van der Waals surface area contributed by atoms with Gasteiger partial charge in [0.05, 0.1) is 21.8 Å². The van der Waals surface area contributed by atoms with E-state index < -0.39 is 0 Å². The molecule has 1 aliphatic rings. The quantitative estimate of drug-likeness (QED) is 0.691. The number of pyridine rings is 1. The summed E-state index contributed by atoms with van der Waals surface area (Å²) in [7, 11) is 0. The third kappa shape index (κ3) is 3.86. The van der Waals surface area contributed by atoms with Crippen molar-refractivity contribution in [2.24, 2.45) is 0 Å². The van der Waals surface area contributed by atoms with Crippen LogP contribution in [0, 0.1) is 6.92 Å². The smallest absolute Gasteiger partial charge is 0.253 e. The highest BCUT2D eigenvalue weighted by Crippen LogP contribution is 2.34. The highest BCUT2D eigenvalue weighted by molar-refractivity contribution is 7.13. The van der Waals surface area contributed by atoms with Gasteiger partial charge in [0, 0.05) is 25.2 Å². The lowest BCUT2D eigenvalue weighted by Gasteiger charge is -2.38. The zero-order valence-electron chi connectivity index (χ0n) is 16.0. The number of rotatable bonds is 5. The molecule has 1 saturated heterocycles. The van der Waals surface area contributed by atoms with Crippen LogP contribution < -0.4 is 5.32 Å². The van der Waals surface area contributed by atoms with Crippen LogP contribution >= 0.6 is 11.3 Å². The minimum atomic E-state index is -0.0760. The van der Waals surface area contributed by atoms with Crippen molar-refractivity contribution in [3.05, 3.63) is 76.8 Å². The van der Waals surface area contributed by atoms with E-state index in [-0.39, 0.29) is 11.3 Å². The number of hydrogen-bond acceptors (Lipinski definition) is 4. The van der Waals surface area contributed by atoms with E-state index >= 15 is 0 Å². The highest BCUT2D eigenvalue weighted by Gasteiger charge is 2.34. The molecular formula is C23H24N2O2S. The predicted molar refractivity (Wildman–Crippen MR) is 113 cm³/mol. The van der Waals surface area contributed by atoms with Gasteiger partial charge in [-0.25, -0.2) is 0 Å². The van der Waals surface area contributed by atoms with Crippen molar-refractivity contribution in [2.45, 2.75) is 25.2 Å². The Morgan fingerprint density at radius 3 is 2.57 bits per heavy atom. The van der Waals surface area contributed by atoms with Crippen LogP contribution in [-0.2, 0) is 10.2 Å². The van der Waals surface area contributed by atoms with Crippen molar-refractivity contribution in [1.29, 1.82) is 0 Å². The molecule has 0 unspecified atom stereocenters. The molecule has 28 heavy (non-hydrogen) atoms. The Labute approximate surface area is 169 Å². The third-order valence-electron chi connectivity index (χ3n) is 5.53. The fourth-order valence-corrected chi connectivity index (χ4v) is 4.52. The Morgan fingerprint density at radius 2 is 1.89 bits per heavy atom. The van der Waals surface area contributed by atoms with Gasteiger partial charge in [-0.3, -0.25) is 9.78 Å². The SMILES string of the molecule is Cc1nc(-c2cccs2)ccc1C(=O)NCC1(c2ccccc2)CCOCC1. The zero-order valence-corrected chi connectivity index (χ0v) is 16.8. The molecule has 3 aromatic rings. The second kappa shape index (κ2) is 8.25. The number of hydrogen-bond donors (Lipinski definition) is 1. The molecular weight excluding hydrogens is 368 g/mol. The van der Waals surface area contributed by atoms with Crippen molar-refractivity contribution in [3.63, 3.8) is 0 Å². The summed E-state index contributed by atoms with van der Waals surface area (Å²) in [6.07, 6.45) is 1.82. The molecule has 5 heteroatoms. The van der Waals surface area contributed by atoms with E-state index in [4.69, 9.17) is 4.74 Å². The van der Waals surface area contributed by atoms with Crippen LogP contribution in [0.4, 0.5) is 0 Å². The molecule has 0 spiro atoms. The van der Waals surface area contributed by atoms with Gasteiger partial charge in [-0.1, -0.05) is 36.4 Å². The molecule has 2 aromatic heterocycles. The molecule has 1 amide bonds. The summed E-state index contributed by atoms with van der Waals surface area (Å²) in [5.41, 5.74) is 3.49. The molecule has 4 nitrogen and oxygen atoms in total. The van der Waals surface area contributed by atoms with Crippen molar-refractivity contribution < 1.29 is 9.53 Å².